The predicted octanol–water partition coefficient (Wildman–Crippen LogP) is 7.45. The number of benzene rings is 2. The van der Waals surface area contributed by atoms with Crippen LogP contribution in [-0.4, -0.2) is 23.9 Å². The number of nitrogens with one attached hydrogen (secondary N) is 2. The van der Waals surface area contributed by atoms with Crippen molar-refractivity contribution in [1.82, 2.24) is 10.6 Å². The lowest BCUT2D eigenvalue weighted by atomic mass is 9.78. The summed E-state index contributed by atoms with van der Waals surface area (Å²) in [5, 5.41) is 8.61. The number of thiophene rings is 2. The SMILES string of the molecule is C=CC(=O)N[C@@H]1Cc2sc(/C=C\C(=O)N[C@H]3Cc4sccc4[C@H](c4ccccc4C)C3)cc2[C@H](c2ccccc2C)C1. The van der Waals surface area contributed by atoms with E-state index in [0.29, 0.717) is 5.92 Å². The van der Waals surface area contributed by atoms with Crippen molar-refractivity contribution in [3.63, 3.8) is 0 Å². The molecule has 0 unspecified atom stereocenters. The van der Waals surface area contributed by atoms with Gasteiger partial charge in [-0.3, -0.25) is 9.59 Å². The van der Waals surface area contributed by atoms with E-state index >= 15 is 0 Å². The van der Waals surface area contributed by atoms with Gasteiger partial charge in [0, 0.05) is 57.5 Å². The molecule has 6 rings (SSSR count). The van der Waals surface area contributed by atoms with Crippen LogP contribution in [0.5, 0.6) is 0 Å². The Hall–Kier alpha value is -3.74. The van der Waals surface area contributed by atoms with E-state index in [0.717, 1.165) is 30.6 Å². The van der Waals surface area contributed by atoms with E-state index in [2.05, 4.69) is 97.1 Å². The fourth-order valence-corrected chi connectivity index (χ4v) is 8.93. The third-order valence-electron chi connectivity index (χ3n) is 8.70. The Morgan fingerprint density at radius 1 is 0.786 bits per heavy atom. The van der Waals surface area contributed by atoms with Gasteiger partial charge in [0.25, 0.3) is 0 Å². The second-order valence-corrected chi connectivity index (χ2v) is 13.6. The van der Waals surface area contributed by atoms with Gasteiger partial charge in [0.1, 0.15) is 0 Å². The van der Waals surface area contributed by atoms with Crippen LogP contribution < -0.4 is 10.6 Å². The molecule has 0 fully saturated rings. The maximum absolute atomic E-state index is 13.2. The molecule has 2 heterocycles. The summed E-state index contributed by atoms with van der Waals surface area (Å²) >= 11 is 3.51. The largest absolute Gasteiger partial charge is 0.349 e. The maximum atomic E-state index is 13.2. The van der Waals surface area contributed by atoms with E-state index in [-0.39, 0.29) is 29.8 Å². The van der Waals surface area contributed by atoms with Crippen LogP contribution in [0.25, 0.3) is 6.08 Å². The summed E-state index contributed by atoms with van der Waals surface area (Å²) in [7, 11) is 0. The zero-order valence-electron chi connectivity index (χ0n) is 24.1. The van der Waals surface area contributed by atoms with Gasteiger partial charge < -0.3 is 10.6 Å². The zero-order chi connectivity index (χ0) is 29.2. The number of rotatable bonds is 7. The van der Waals surface area contributed by atoms with Crippen LogP contribution in [0.1, 0.15) is 72.7 Å². The van der Waals surface area contributed by atoms with Crippen molar-refractivity contribution in [3.8, 4) is 0 Å². The Kier molecular flexibility index (Phi) is 8.27. The average Bonchev–Trinajstić information content (AvgIpc) is 3.63. The van der Waals surface area contributed by atoms with Gasteiger partial charge in [-0.1, -0.05) is 55.1 Å². The standard InChI is InChI=1S/C36H36N2O2S2/c1-4-35(39)37-25-18-31(28-12-8-6-10-23(28)3)32-21-26(42-34(32)20-25)13-14-36(40)38-24-17-30(27-11-7-5-9-22(27)2)29-15-16-41-33(29)19-24/h4-16,21,24-25,30-31H,1,17-20H2,2-3H3,(H,37,39)(H,38,40)/b14-13-/t24-,25+,30+,31+/m1/s1. The first-order valence-corrected chi connectivity index (χ1v) is 16.3. The van der Waals surface area contributed by atoms with Gasteiger partial charge in [-0.25, -0.2) is 0 Å². The summed E-state index contributed by atoms with van der Waals surface area (Å²) in [4.78, 5) is 29.0. The van der Waals surface area contributed by atoms with E-state index in [1.54, 1.807) is 28.7 Å². The lowest BCUT2D eigenvalue weighted by Crippen LogP contribution is -2.39. The molecule has 2 aliphatic rings. The van der Waals surface area contributed by atoms with Crippen LogP contribution in [0.4, 0.5) is 0 Å². The Morgan fingerprint density at radius 2 is 1.38 bits per heavy atom. The molecule has 2 aromatic heterocycles. The highest BCUT2D eigenvalue weighted by Gasteiger charge is 2.32. The summed E-state index contributed by atoms with van der Waals surface area (Å²) in [5.41, 5.74) is 7.89. The van der Waals surface area contributed by atoms with Gasteiger partial charge in [0.15, 0.2) is 0 Å². The molecule has 2 amide bonds. The zero-order valence-corrected chi connectivity index (χ0v) is 25.7. The topological polar surface area (TPSA) is 58.2 Å². The molecule has 0 aliphatic heterocycles. The molecular formula is C36H36N2O2S2. The second kappa shape index (κ2) is 12.2. The van der Waals surface area contributed by atoms with Gasteiger partial charge in [0.2, 0.25) is 11.8 Å². The first-order valence-electron chi connectivity index (χ1n) is 14.6. The van der Waals surface area contributed by atoms with Crippen LogP contribution in [-0.2, 0) is 22.4 Å². The van der Waals surface area contributed by atoms with Crippen LogP contribution in [0, 0.1) is 13.8 Å². The third-order valence-corrected chi connectivity index (χ3v) is 10.8. The Morgan fingerprint density at radius 3 is 2.02 bits per heavy atom. The summed E-state index contributed by atoms with van der Waals surface area (Å²) in [5.74, 6) is 0.300. The highest BCUT2D eigenvalue weighted by Crippen LogP contribution is 2.43. The molecule has 0 bridgehead atoms. The second-order valence-electron chi connectivity index (χ2n) is 11.5. The maximum Gasteiger partial charge on any atom is 0.244 e. The first kappa shape index (κ1) is 28.4. The van der Waals surface area contributed by atoms with Gasteiger partial charge in [-0.2, -0.15) is 0 Å². The molecule has 4 atom stereocenters. The van der Waals surface area contributed by atoms with Crippen molar-refractivity contribution in [1.29, 1.82) is 0 Å². The van der Waals surface area contributed by atoms with Crippen LogP contribution in [0.3, 0.4) is 0 Å². The third kappa shape index (κ3) is 5.92. The molecule has 2 aliphatic carbocycles. The fourth-order valence-electron chi connectivity index (χ4n) is 6.70. The molecule has 42 heavy (non-hydrogen) atoms. The van der Waals surface area contributed by atoms with Crippen LogP contribution in [0.15, 0.2) is 84.8 Å². The Bertz CT molecular complexity index is 1660. The molecule has 0 spiro atoms. The van der Waals surface area contributed by atoms with Crippen molar-refractivity contribution in [2.75, 3.05) is 0 Å². The monoisotopic (exact) mass is 592 g/mol. The molecule has 0 saturated heterocycles. The summed E-state index contributed by atoms with van der Waals surface area (Å²) in [6, 6.07) is 21.7. The number of fused-ring (bicyclic) bond motifs is 2. The number of carbonyl (C=O) groups excluding carboxylic acids is 2. The fraction of sp³-hybridized carbons (Fsp3) is 0.278. The quantitative estimate of drug-likeness (QED) is 0.219. The van der Waals surface area contributed by atoms with Crippen LogP contribution in [0.2, 0.25) is 0 Å². The van der Waals surface area contributed by atoms with Crippen molar-refractivity contribution in [2.24, 2.45) is 0 Å². The molecular weight excluding hydrogens is 557 g/mol. The van der Waals surface area contributed by atoms with E-state index in [9.17, 15) is 9.59 Å². The number of carbonyl (C=O) groups is 2. The van der Waals surface area contributed by atoms with Gasteiger partial charge in [0.05, 0.1) is 0 Å². The molecule has 214 valence electrons. The summed E-state index contributed by atoms with van der Waals surface area (Å²) < 4.78 is 0. The minimum absolute atomic E-state index is 0.0426. The number of aryl methyl sites for hydroxylation is 2. The minimum atomic E-state index is -0.137. The molecule has 2 N–H and O–H groups in total. The average molecular weight is 593 g/mol. The summed E-state index contributed by atoms with van der Waals surface area (Å²) in [6.45, 7) is 7.94. The van der Waals surface area contributed by atoms with Crippen molar-refractivity contribution in [3.05, 3.63) is 133 Å². The van der Waals surface area contributed by atoms with Crippen molar-refractivity contribution < 1.29 is 9.59 Å². The Labute approximate surface area is 256 Å². The molecule has 0 radical (unpaired) electrons. The van der Waals surface area contributed by atoms with E-state index < -0.39 is 0 Å². The van der Waals surface area contributed by atoms with E-state index in [1.165, 1.54) is 49.2 Å². The normalized spacial score (nSPS) is 21.4. The lowest BCUT2D eigenvalue weighted by molar-refractivity contribution is -0.118. The number of hydrogen-bond donors (Lipinski definition) is 2. The highest BCUT2D eigenvalue weighted by atomic mass is 32.1. The van der Waals surface area contributed by atoms with Gasteiger partial charge >= 0.3 is 0 Å². The van der Waals surface area contributed by atoms with Crippen molar-refractivity contribution in [2.45, 2.75) is 63.5 Å². The summed E-state index contributed by atoms with van der Waals surface area (Å²) in [6.07, 6.45) is 8.37. The minimum Gasteiger partial charge on any atom is -0.349 e. The molecule has 2 aromatic carbocycles. The van der Waals surface area contributed by atoms with Gasteiger partial charge in [-0.15, -0.1) is 22.7 Å². The van der Waals surface area contributed by atoms with Gasteiger partial charge in [-0.05, 0) is 89.7 Å². The van der Waals surface area contributed by atoms with E-state index in [1.807, 2.05) is 6.08 Å². The smallest absolute Gasteiger partial charge is 0.244 e. The van der Waals surface area contributed by atoms with Crippen molar-refractivity contribution >= 4 is 40.6 Å². The first-order chi connectivity index (χ1) is 20.4. The number of hydrogen-bond acceptors (Lipinski definition) is 4. The Balaban J connectivity index is 1.19. The predicted molar refractivity (Wildman–Crippen MR) is 174 cm³/mol. The van der Waals surface area contributed by atoms with E-state index in [4.69, 9.17) is 0 Å². The molecule has 6 heteroatoms. The lowest BCUT2D eigenvalue weighted by Gasteiger charge is -2.31. The molecule has 4 nitrogen and oxygen atoms in total. The molecule has 0 saturated carbocycles. The number of amides is 2. The highest BCUT2D eigenvalue weighted by molar-refractivity contribution is 7.13. The van der Waals surface area contributed by atoms with Crippen LogP contribution >= 0.6 is 22.7 Å². The molecule has 4 aromatic rings.